The van der Waals surface area contributed by atoms with Crippen LogP contribution < -0.4 is 5.32 Å². The van der Waals surface area contributed by atoms with Crippen LogP contribution in [0.3, 0.4) is 0 Å². The molecule has 0 amide bonds. The van der Waals surface area contributed by atoms with Crippen LogP contribution in [-0.2, 0) is 6.42 Å². The molecule has 4 rings (SSSR count). The first-order valence-corrected chi connectivity index (χ1v) is 8.10. The molecule has 25 heavy (non-hydrogen) atoms. The van der Waals surface area contributed by atoms with Crippen LogP contribution in [0.25, 0.3) is 16.9 Å². The van der Waals surface area contributed by atoms with Crippen molar-refractivity contribution in [3.05, 3.63) is 53.5 Å². The Bertz CT molecular complexity index is 999. The Morgan fingerprint density at radius 2 is 1.88 bits per heavy atom. The molecule has 3 aromatic heterocycles. The van der Waals surface area contributed by atoms with Gasteiger partial charge in [0.15, 0.2) is 0 Å². The number of aromatic amines is 1. The van der Waals surface area contributed by atoms with E-state index in [1.165, 1.54) is 10.9 Å². The Morgan fingerprint density at radius 3 is 2.64 bits per heavy atom. The SMILES string of the molecule is Cc1cc(C)n(-c2nnc(NCCc3c[nH]c4ccccc34)nn2)n1. The summed E-state index contributed by atoms with van der Waals surface area (Å²) in [5.74, 6) is 0.776. The van der Waals surface area contributed by atoms with Gasteiger partial charge in [-0.3, -0.25) is 0 Å². The fourth-order valence-electron chi connectivity index (χ4n) is 2.86. The van der Waals surface area contributed by atoms with Crippen molar-refractivity contribution >= 4 is 16.9 Å². The van der Waals surface area contributed by atoms with Crippen molar-refractivity contribution in [3.8, 4) is 5.95 Å². The van der Waals surface area contributed by atoms with Crippen LogP contribution in [0.5, 0.6) is 0 Å². The van der Waals surface area contributed by atoms with Gasteiger partial charge in [0.1, 0.15) is 0 Å². The van der Waals surface area contributed by atoms with Gasteiger partial charge in [-0.1, -0.05) is 18.2 Å². The number of aromatic nitrogens is 7. The minimum atomic E-state index is 0.368. The molecule has 0 bridgehead atoms. The molecule has 4 aromatic rings. The van der Waals surface area contributed by atoms with Crippen molar-refractivity contribution in [3.63, 3.8) is 0 Å². The predicted molar refractivity (Wildman–Crippen MR) is 94.7 cm³/mol. The number of fused-ring (bicyclic) bond motifs is 1. The van der Waals surface area contributed by atoms with Crippen LogP contribution >= 0.6 is 0 Å². The number of aryl methyl sites for hydroxylation is 2. The molecule has 0 saturated heterocycles. The van der Waals surface area contributed by atoms with E-state index in [1.54, 1.807) is 4.68 Å². The van der Waals surface area contributed by atoms with Gasteiger partial charge in [0.25, 0.3) is 11.9 Å². The van der Waals surface area contributed by atoms with E-state index in [0.717, 1.165) is 23.3 Å². The van der Waals surface area contributed by atoms with E-state index >= 15 is 0 Å². The zero-order valence-electron chi connectivity index (χ0n) is 14.1. The zero-order valence-corrected chi connectivity index (χ0v) is 14.1. The van der Waals surface area contributed by atoms with Gasteiger partial charge in [-0.2, -0.15) is 5.10 Å². The summed E-state index contributed by atoms with van der Waals surface area (Å²) in [6, 6.07) is 10.2. The molecular formula is C17H18N8. The summed E-state index contributed by atoms with van der Waals surface area (Å²) in [5.41, 5.74) is 4.25. The highest BCUT2D eigenvalue weighted by Crippen LogP contribution is 2.18. The lowest BCUT2D eigenvalue weighted by molar-refractivity contribution is 0.710. The van der Waals surface area contributed by atoms with Crippen molar-refractivity contribution in [2.75, 3.05) is 11.9 Å². The monoisotopic (exact) mass is 334 g/mol. The zero-order chi connectivity index (χ0) is 17.2. The van der Waals surface area contributed by atoms with Gasteiger partial charge in [0.05, 0.1) is 5.69 Å². The van der Waals surface area contributed by atoms with Crippen molar-refractivity contribution in [1.29, 1.82) is 0 Å². The van der Waals surface area contributed by atoms with Crippen molar-refractivity contribution < 1.29 is 0 Å². The van der Waals surface area contributed by atoms with Crippen LogP contribution in [0.15, 0.2) is 36.5 Å². The number of benzene rings is 1. The number of para-hydroxylation sites is 1. The largest absolute Gasteiger partial charge is 0.361 e. The van der Waals surface area contributed by atoms with Crippen molar-refractivity contribution in [1.82, 2.24) is 35.2 Å². The molecule has 0 fully saturated rings. The summed E-state index contributed by atoms with van der Waals surface area (Å²) < 4.78 is 1.63. The molecular weight excluding hydrogens is 316 g/mol. The first-order valence-electron chi connectivity index (χ1n) is 8.10. The summed E-state index contributed by atoms with van der Waals surface area (Å²) in [5, 5.41) is 25.1. The smallest absolute Gasteiger partial charge is 0.289 e. The molecule has 2 N–H and O–H groups in total. The van der Waals surface area contributed by atoms with Gasteiger partial charge in [-0.05, 0) is 38.0 Å². The maximum Gasteiger partial charge on any atom is 0.289 e. The third-order valence-corrected chi connectivity index (χ3v) is 4.02. The van der Waals surface area contributed by atoms with Gasteiger partial charge in [-0.25, -0.2) is 4.68 Å². The molecule has 0 spiro atoms. The molecule has 0 radical (unpaired) electrons. The average Bonchev–Trinajstić information content (AvgIpc) is 3.19. The van der Waals surface area contributed by atoms with Crippen LogP contribution in [0, 0.1) is 13.8 Å². The summed E-state index contributed by atoms with van der Waals surface area (Å²) >= 11 is 0. The highest BCUT2D eigenvalue weighted by Gasteiger charge is 2.08. The Morgan fingerprint density at radius 1 is 1.08 bits per heavy atom. The Kier molecular flexibility index (Phi) is 3.85. The second-order valence-electron chi connectivity index (χ2n) is 5.90. The second-order valence-corrected chi connectivity index (χ2v) is 5.90. The molecule has 8 heteroatoms. The van der Waals surface area contributed by atoms with E-state index in [-0.39, 0.29) is 0 Å². The number of nitrogens with one attached hydrogen (secondary N) is 2. The second kappa shape index (κ2) is 6.31. The van der Waals surface area contributed by atoms with Gasteiger partial charge in [0.2, 0.25) is 0 Å². The number of hydrogen-bond acceptors (Lipinski definition) is 6. The van der Waals surface area contributed by atoms with Crippen LogP contribution in [0.1, 0.15) is 17.0 Å². The maximum atomic E-state index is 4.32. The molecule has 0 unspecified atom stereocenters. The van der Waals surface area contributed by atoms with Gasteiger partial charge in [0, 0.05) is 29.3 Å². The molecule has 126 valence electrons. The quantitative estimate of drug-likeness (QED) is 0.581. The highest BCUT2D eigenvalue weighted by atomic mass is 15.5. The van der Waals surface area contributed by atoms with E-state index in [9.17, 15) is 0 Å². The highest BCUT2D eigenvalue weighted by molar-refractivity contribution is 5.83. The van der Waals surface area contributed by atoms with Gasteiger partial charge >= 0.3 is 0 Å². The minimum Gasteiger partial charge on any atom is -0.361 e. The number of H-pyrrole nitrogens is 1. The third kappa shape index (κ3) is 3.06. The fraction of sp³-hybridized carbons (Fsp3) is 0.235. The number of anilines is 1. The molecule has 0 saturated carbocycles. The predicted octanol–water partition coefficient (Wildman–Crippen LogP) is 2.21. The molecule has 3 heterocycles. The van der Waals surface area contributed by atoms with Crippen LogP contribution in [-0.4, -0.2) is 41.7 Å². The van der Waals surface area contributed by atoms with Crippen molar-refractivity contribution in [2.24, 2.45) is 0 Å². The molecule has 0 aliphatic heterocycles. The summed E-state index contributed by atoms with van der Waals surface area (Å²) in [7, 11) is 0. The number of hydrogen-bond donors (Lipinski definition) is 2. The Balaban J connectivity index is 1.41. The van der Waals surface area contributed by atoms with E-state index in [0.29, 0.717) is 18.4 Å². The van der Waals surface area contributed by atoms with E-state index in [2.05, 4.69) is 47.9 Å². The minimum absolute atomic E-state index is 0.368. The first-order chi connectivity index (χ1) is 12.2. The maximum absolute atomic E-state index is 4.32. The van der Waals surface area contributed by atoms with Gasteiger partial charge in [-0.15, -0.1) is 20.4 Å². The van der Waals surface area contributed by atoms with Crippen LogP contribution in [0.4, 0.5) is 5.95 Å². The number of rotatable bonds is 5. The third-order valence-electron chi connectivity index (χ3n) is 4.02. The first kappa shape index (κ1) is 15.3. The molecule has 0 aliphatic rings. The summed E-state index contributed by atoms with van der Waals surface area (Å²) in [6.45, 7) is 4.56. The summed E-state index contributed by atoms with van der Waals surface area (Å²) in [4.78, 5) is 3.28. The van der Waals surface area contributed by atoms with Gasteiger partial charge < -0.3 is 10.3 Å². The molecule has 0 aliphatic carbocycles. The molecule has 8 nitrogen and oxygen atoms in total. The lowest BCUT2D eigenvalue weighted by Gasteiger charge is -2.04. The van der Waals surface area contributed by atoms with E-state index in [4.69, 9.17) is 0 Å². The lowest BCUT2D eigenvalue weighted by Crippen LogP contribution is -2.13. The van der Waals surface area contributed by atoms with E-state index in [1.807, 2.05) is 38.2 Å². The standard InChI is InChI=1S/C17H18N8/c1-11-9-12(2)25(24-11)17-22-20-16(21-23-17)18-8-7-13-10-19-15-6-4-3-5-14(13)15/h3-6,9-10,19H,7-8H2,1-2H3,(H,18,20,21). The topological polar surface area (TPSA) is 97.2 Å². The lowest BCUT2D eigenvalue weighted by atomic mass is 10.1. The van der Waals surface area contributed by atoms with Crippen molar-refractivity contribution in [2.45, 2.75) is 20.3 Å². The van der Waals surface area contributed by atoms with E-state index < -0.39 is 0 Å². The fourth-order valence-corrected chi connectivity index (χ4v) is 2.86. The van der Waals surface area contributed by atoms with Crippen LogP contribution in [0.2, 0.25) is 0 Å². The molecule has 1 aromatic carbocycles. The molecule has 0 atom stereocenters. The normalized spacial score (nSPS) is 11.1. The summed E-state index contributed by atoms with van der Waals surface area (Å²) in [6.07, 6.45) is 2.89. The Hall–Kier alpha value is -3.29. The number of nitrogens with zero attached hydrogens (tertiary/aromatic N) is 6. The Labute approximate surface area is 144 Å². The average molecular weight is 334 g/mol.